The Kier molecular flexibility index (Phi) is 3.81. The lowest BCUT2D eigenvalue weighted by Gasteiger charge is -2.56. The summed E-state index contributed by atoms with van der Waals surface area (Å²) in [6, 6.07) is 6.15. The Morgan fingerprint density at radius 2 is 1.96 bits per heavy atom. The van der Waals surface area contributed by atoms with Crippen molar-refractivity contribution in [1.82, 2.24) is 5.32 Å². The van der Waals surface area contributed by atoms with Gasteiger partial charge in [0, 0.05) is 11.5 Å². The fourth-order valence-electron chi connectivity index (χ4n) is 4.97. The monoisotopic (exact) mass is 331 g/mol. The van der Waals surface area contributed by atoms with Crippen molar-refractivity contribution < 1.29 is 14.2 Å². The minimum Gasteiger partial charge on any atom is -0.493 e. The average molecular weight is 331 g/mol. The Labute approximate surface area is 144 Å². The molecule has 4 rings (SSSR count). The first kappa shape index (κ1) is 16.2. The van der Waals surface area contributed by atoms with Crippen LogP contribution in [0.5, 0.6) is 11.5 Å². The van der Waals surface area contributed by atoms with Gasteiger partial charge in [-0.25, -0.2) is 0 Å². The van der Waals surface area contributed by atoms with Crippen LogP contribution in [0, 0.1) is 11.3 Å². The van der Waals surface area contributed by atoms with E-state index in [2.05, 4.69) is 32.2 Å². The van der Waals surface area contributed by atoms with Gasteiger partial charge in [-0.2, -0.15) is 0 Å². The molecule has 4 heteroatoms. The molecule has 0 amide bonds. The van der Waals surface area contributed by atoms with E-state index >= 15 is 0 Å². The molecular weight excluding hydrogens is 302 g/mol. The third-order valence-electron chi connectivity index (χ3n) is 6.60. The van der Waals surface area contributed by atoms with Gasteiger partial charge in [-0.3, -0.25) is 0 Å². The second-order valence-corrected chi connectivity index (χ2v) is 8.21. The molecule has 1 aromatic rings. The third kappa shape index (κ3) is 2.34. The van der Waals surface area contributed by atoms with E-state index in [-0.39, 0.29) is 23.2 Å². The van der Waals surface area contributed by atoms with Crippen molar-refractivity contribution in [2.24, 2.45) is 11.3 Å². The number of methoxy groups -OCH3 is 1. The summed E-state index contributed by atoms with van der Waals surface area (Å²) in [6.07, 6.45) is 3.92. The van der Waals surface area contributed by atoms with Crippen molar-refractivity contribution in [1.29, 1.82) is 0 Å². The van der Waals surface area contributed by atoms with Gasteiger partial charge in [0.25, 0.3) is 0 Å². The van der Waals surface area contributed by atoms with Crippen LogP contribution in [0.1, 0.15) is 51.7 Å². The molecule has 3 heterocycles. The van der Waals surface area contributed by atoms with Crippen molar-refractivity contribution in [2.75, 3.05) is 20.2 Å². The summed E-state index contributed by atoms with van der Waals surface area (Å²) in [5.41, 5.74) is 1.17. The molecule has 132 valence electrons. The van der Waals surface area contributed by atoms with Gasteiger partial charge in [-0.05, 0) is 64.6 Å². The summed E-state index contributed by atoms with van der Waals surface area (Å²) < 4.78 is 18.7. The lowest BCUT2D eigenvalue weighted by atomic mass is 9.62. The Bertz CT molecular complexity index is 621. The van der Waals surface area contributed by atoms with Gasteiger partial charge in [0.05, 0.1) is 19.3 Å². The first-order valence-corrected chi connectivity index (χ1v) is 9.19. The van der Waals surface area contributed by atoms with Crippen LogP contribution in [0.3, 0.4) is 0 Å². The standard InChI is InChI=1S/C20H29NO3/c1-13-20(8-10-21-11-9-20)12-15-17(23-13)14-6-5-7-16(22-4)18(14)24-19(15,2)3/h5-7,13,15,17,21H,8-12H2,1-4H3/t13-,15-,17+/m0/s1. The van der Waals surface area contributed by atoms with Crippen molar-refractivity contribution in [3.63, 3.8) is 0 Å². The summed E-state index contributed by atoms with van der Waals surface area (Å²) in [5.74, 6) is 2.03. The van der Waals surface area contributed by atoms with Crippen molar-refractivity contribution >= 4 is 0 Å². The molecule has 0 unspecified atom stereocenters. The Morgan fingerprint density at radius 3 is 2.67 bits per heavy atom. The molecule has 0 aliphatic carbocycles. The van der Waals surface area contributed by atoms with E-state index < -0.39 is 0 Å². The van der Waals surface area contributed by atoms with Crippen LogP contribution >= 0.6 is 0 Å². The Balaban J connectivity index is 1.74. The van der Waals surface area contributed by atoms with E-state index in [1.54, 1.807) is 7.11 Å². The van der Waals surface area contributed by atoms with E-state index in [4.69, 9.17) is 14.2 Å². The van der Waals surface area contributed by atoms with Crippen LogP contribution in [0.15, 0.2) is 18.2 Å². The van der Waals surface area contributed by atoms with Gasteiger partial charge in [0.15, 0.2) is 11.5 Å². The van der Waals surface area contributed by atoms with E-state index in [1.165, 1.54) is 19.3 Å². The van der Waals surface area contributed by atoms with Gasteiger partial charge in [-0.1, -0.05) is 12.1 Å². The number of para-hydroxylation sites is 1. The molecule has 0 radical (unpaired) electrons. The van der Waals surface area contributed by atoms with Gasteiger partial charge < -0.3 is 19.5 Å². The first-order valence-electron chi connectivity index (χ1n) is 9.19. The van der Waals surface area contributed by atoms with Gasteiger partial charge in [0.1, 0.15) is 5.60 Å². The second kappa shape index (κ2) is 5.63. The predicted octanol–water partition coefficient (Wildman–Crippen LogP) is 3.70. The summed E-state index contributed by atoms with van der Waals surface area (Å²) in [7, 11) is 1.70. The van der Waals surface area contributed by atoms with Gasteiger partial charge in [0.2, 0.25) is 0 Å². The molecule has 1 N–H and O–H groups in total. The molecule has 3 atom stereocenters. The highest BCUT2D eigenvalue weighted by Crippen LogP contribution is 2.58. The molecule has 3 aliphatic rings. The summed E-state index contributed by atoms with van der Waals surface area (Å²) in [6.45, 7) is 8.86. The van der Waals surface area contributed by atoms with Gasteiger partial charge >= 0.3 is 0 Å². The van der Waals surface area contributed by atoms with E-state index in [0.717, 1.165) is 30.2 Å². The number of hydrogen-bond acceptors (Lipinski definition) is 4. The predicted molar refractivity (Wildman–Crippen MR) is 93.6 cm³/mol. The maximum atomic E-state index is 6.68. The largest absolute Gasteiger partial charge is 0.493 e. The maximum Gasteiger partial charge on any atom is 0.167 e. The molecule has 1 aromatic carbocycles. The lowest BCUT2D eigenvalue weighted by molar-refractivity contribution is -0.205. The summed E-state index contributed by atoms with van der Waals surface area (Å²) >= 11 is 0. The topological polar surface area (TPSA) is 39.7 Å². The van der Waals surface area contributed by atoms with Crippen LogP contribution in [-0.4, -0.2) is 31.9 Å². The summed E-state index contributed by atoms with van der Waals surface area (Å²) in [4.78, 5) is 0. The fourth-order valence-corrected chi connectivity index (χ4v) is 4.97. The van der Waals surface area contributed by atoms with Crippen molar-refractivity contribution in [3.8, 4) is 11.5 Å². The van der Waals surface area contributed by atoms with Crippen LogP contribution in [0.25, 0.3) is 0 Å². The van der Waals surface area contributed by atoms with Crippen molar-refractivity contribution in [3.05, 3.63) is 23.8 Å². The Hall–Kier alpha value is -1.26. The van der Waals surface area contributed by atoms with Crippen LogP contribution < -0.4 is 14.8 Å². The van der Waals surface area contributed by atoms with E-state index in [9.17, 15) is 0 Å². The number of fused-ring (bicyclic) bond motifs is 3. The lowest BCUT2D eigenvalue weighted by Crippen LogP contribution is -2.56. The molecule has 2 saturated heterocycles. The quantitative estimate of drug-likeness (QED) is 0.852. The molecule has 0 aromatic heterocycles. The molecule has 1 spiro atoms. The fraction of sp³-hybridized carbons (Fsp3) is 0.700. The van der Waals surface area contributed by atoms with Crippen LogP contribution in [-0.2, 0) is 4.74 Å². The zero-order valence-corrected chi connectivity index (χ0v) is 15.2. The zero-order valence-electron chi connectivity index (χ0n) is 15.2. The van der Waals surface area contributed by atoms with Gasteiger partial charge in [-0.15, -0.1) is 0 Å². The smallest absolute Gasteiger partial charge is 0.167 e. The van der Waals surface area contributed by atoms with Crippen LogP contribution in [0.2, 0.25) is 0 Å². The highest BCUT2D eigenvalue weighted by molar-refractivity contribution is 5.50. The average Bonchev–Trinajstić information content (AvgIpc) is 2.57. The highest BCUT2D eigenvalue weighted by Gasteiger charge is 2.55. The molecule has 2 fully saturated rings. The molecule has 4 nitrogen and oxygen atoms in total. The molecule has 24 heavy (non-hydrogen) atoms. The highest BCUT2D eigenvalue weighted by atomic mass is 16.5. The third-order valence-corrected chi connectivity index (χ3v) is 6.60. The van der Waals surface area contributed by atoms with E-state index in [1.807, 2.05) is 12.1 Å². The molecular formula is C20H29NO3. The number of benzene rings is 1. The number of ether oxygens (including phenoxy) is 3. The maximum absolute atomic E-state index is 6.68. The summed E-state index contributed by atoms with van der Waals surface area (Å²) in [5, 5.41) is 3.50. The van der Waals surface area contributed by atoms with E-state index in [0.29, 0.717) is 5.92 Å². The Morgan fingerprint density at radius 1 is 1.21 bits per heavy atom. The minimum atomic E-state index is -0.260. The minimum absolute atomic E-state index is 0.0920. The normalized spacial score (nSPS) is 33.2. The number of rotatable bonds is 1. The molecule has 0 saturated carbocycles. The second-order valence-electron chi connectivity index (χ2n) is 8.21. The van der Waals surface area contributed by atoms with Crippen molar-refractivity contribution in [2.45, 2.75) is 57.8 Å². The number of nitrogens with one attached hydrogen (secondary N) is 1. The van der Waals surface area contributed by atoms with Crippen LogP contribution in [0.4, 0.5) is 0 Å². The number of piperidine rings is 1. The SMILES string of the molecule is COc1cccc2c1OC(C)(C)[C@H]1CC3(CCNCC3)[C@H](C)O[C@H]21. The molecule has 0 bridgehead atoms. The zero-order chi connectivity index (χ0) is 16.9. The first-order chi connectivity index (χ1) is 11.5. The molecule has 3 aliphatic heterocycles. The number of hydrogen-bond donors (Lipinski definition) is 1.